The summed E-state index contributed by atoms with van der Waals surface area (Å²) in [5, 5.41) is 3.28. The molecule has 17 heavy (non-hydrogen) atoms. The maximum atomic E-state index is 11.2. The number of rotatable bonds is 3. The molecule has 0 radical (unpaired) electrons. The monoisotopic (exact) mass is 234 g/mol. The lowest BCUT2D eigenvalue weighted by atomic mass is 9.92. The predicted octanol–water partition coefficient (Wildman–Crippen LogP) is 0.862. The average Bonchev–Trinajstić information content (AvgIpc) is 2.32. The van der Waals surface area contributed by atoms with Gasteiger partial charge in [-0.3, -0.25) is 4.79 Å². The number of primary amides is 1. The summed E-state index contributed by atoms with van der Waals surface area (Å²) in [5.74, 6) is 0.133. The van der Waals surface area contributed by atoms with Crippen LogP contribution in [0.1, 0.15) is 36.0 Å². The zero-order chi connectivity index (χ0) is 12.3. The number of pyridine rings is 1. The van der Waals surface area contributed by atoms with E-state index in [1.807, 2.05) is 0 Å². The van der Waals surface area contributed by atoms with Crippen molar-refractivity contribution in [3.63, 3.8) is 0 Å². The molecule has 5 nitrogen and oxygen atoms in total. The predicted molar refractivity (Wildman–Crippen MR) is 66.6 cm³/mol. The molecule has 0 spiro atoms. The zero-order valence-corrected chi connectivity index (χ0v) is 9.73. The second kappa shape index (κ2) is 5.14. The maximum Gasteiger partial charge on any atom is 0.252 e. The first-order chi connectivity index (χ1) is 8.16. The smallest absolute Gasteiger partial charge is 0.252 e. The highest BCUT2D eigenvalue weighted by Gasteiger charge is 2.20. The van der Waals surface area contributed by atoms with Crippen LogP contribution in [-0.2, 0) is 0 Å². The Morgan fingerprint density at radius 3 is 2.71 bits per heavy atom. The van der Waals surface area contributed by atoms with E-state index >= 15 is 0 Å². The van der Waals surface area contributed by atoms with E-state index in [9.17, 15) is 4.79 Å². The number of aromatic nitrogens is 1. The van der Waals surface area contributed by atoms with Gasteiger partial charge in [-0.25, -0.2) is 4.98 Å². The van der Waals surface area contributed by atoms with Gasteiger partial charge in [-0.1, -0.05) is 0 Å². The summed E-state index contributed by atoms with van der Waals surface area (Å²) in [6.45, 7) is 0. The molecular weight excluding hydrogens is 216 g/mol. The van der Waals surface area contributed by atoms with Gasteiger partial charge in [0, 0.05) is 18.3 Å². The van der Waals surface area contributed by atoms with Crippen LogP contribution in [0.5, 0.6) is 0 Å². The number of anilines is 1. The Kier molecular flexibility index (Phi) is 3.58. The quantitative estimate of drug-likeness (QED) is 0.723. The summed E-state index contributed by atoms with van der Waals surface area (Å²) in [7, 11) is 0. The fourth-order valence-electron chi connectivity index (χ4n) is 2.18. The number of carbonyl (C=O) groups excluding carboxylic acids is 1. The highest BCUT2D eigenvalue weighted by molar-refractivity contribution is 5.97. The normalized spacial score (nSPS) is 24.3. The number of nitrogens with zero attached hydrogens (tertiary/aromatic N) is 1. The Labute approximate surface area is 101 Å². The van der Waals surface area contributed by atoms with Gasteiger partial charge in [-0.15, -0.1) is 0 Å². The molecule has 1 aliphatic carbocycles. The minimum atomic E-state index is -0.451. The third kappa shape index (κ3) is 2.94. The van der Waals surface area contributed by atoms with Crippen molar-refractivity contribution in [2.75, 3.05) is 5.32 Å². The minimum absolute atomic E-state index is 0.312. The van der Waals surface area contributed by atoms with E-state index in [2.05, 4.69) is 10.3 Å². The molecule has 0 aliphatic heterocycles. The lowest BCUT2D eigenvalue weighted by molar-refractivity contribution is 0.100. The van der Waals surface area contributed by atoms with Crippen molar-refractivity contribution >= 4 is 11.7 Å². The van der Waals surface area contributed by atoms with Gasteiger partial charge in [0.05, 0.1) is 5.56 Å². The van der Waals surface area contributed by atoms with Crippen LogP contribution in [0.2, 0.25) is 0 Å². The van der Waals surface area contributed by atoms with Crippen LogP contribution in [0, 0.1) is 0 Å². The van der Waals surface area contributed by atoms with Crippen LogP contribution in [0.3, 0.4) is 0 Å². The van der Waals surface area contributed by atoms with Gasteiger partial charge >= 0.3 is 0 Å². The highest BCUT2D eigenvalue weighted by atomic mass is 16.1. The molecule has 0 saturated heterocycles. The Balaban J connectivity index is 2.05. The van der Waals surface area contributed by atoms with Crippen molar-refractivity contribution in [1.29, 1.82) is 0 Å². The summed E-state index contributed by atoms with van der Waals surface area (Å²) in [6, 6.07) is 4.05. The van der Waals surface area contributed by atoms with Crippen molar-refractivity contribution in [2.24, 2.45) is 11.5 Å². The van der Waals surface area contributed by atoms with Crippen molar-refractivity contribution in [1.82, 2.24) is 4.98 Å². The van der Waals surface area contributed by atoms with Crippen molar-refractivity contribution < 1.29 is 4.79 Å². The minimum Gasteiger partial charge on any atom is -0.367 e. The van der Waals surface area contributed by atoms with Crippen LogP contribution in [0.4, 0.5) is 5.82 Å². The van der Waals surface area contributed by atoms with Crippen molar-refractivity contribution in [2.45, 2.75) is 37.8 Å². The molecule has 1 aromatic rings. The molecule has 1 saturated carbocycles. The fourth-order valence-corrected chi connectivity index (χ4v) is 2.18. The van der Waals surface area contributed by atoms with E-state index in [-0.39, 0.29) is 0 Å². The van der Waals surface area contributed by atoms with E-state index in [1.54, 1.807) is 18.3 Å². The van der Waals surface area contributed by atoms with E-state index in [4.69, 9.17) is 11.5 Å². The van der Waals surface area contributed by atoms with Gasteiger partial charge in [0.25, 0.3) is 5.91 Å². The molecule has 0 aromatic carbocycles. The molecule has 2 rings (SSSR count). The second-order valence-corrected chi connectivity index (χ2v) is 4.52. The first-order valence-corrected chi connectivity index (χ1v) is 5.93. The van der Waals surface area contributed by atoms with Crippen molar-refractivity contribution in [3.8, 4) is 0 Å². The molecule has 0 atom stereocenters. The molecule has 1 fully saturated rings. The van der Waals surface area contributed by atoms with E-state index in [0.29, 0.717) is 23.5 Å². The van der Waals surface area contributed by atoms with Gasteiger partial charge in [0.1, 0.15) is 5.82 Å². The SMILES string of the molecule is NC(=O)c1cccnc1NC1CCC(N)CC1. The number of carbonyl (C=O) groups is 1. The maximum absolute atomic E-state index is 11.2. The molecule has 0 unspecified atom stereocenters. The molecule has 5 N–H and O–H groups in total. The van der Waals surface area contributed by atoms with Gasteiger partial charge < -0.3 is 16.8 Å². The highest BCUT2D eigenvalue weighted by Crippen LogP contribution is 2.21. The standard InChI is InChI=1S/C12H18N4O/c13-8-3-5-9(6-4-8)16-12-10(11(14)17)2-1-7-15-12/h1-2,7-9H,3-6,13H2,(H2,14,17)(H,15,16). The molecular formula is C12H18N4O. The van der Waals surface area contributed by atoms with E-state index in [1.165, 1.54) is 0 Å². The van der Waals surface area contributed by atoms with Crippen LogP contribution in [0.15, 0.2) is 18.3 Å². The summed E-state index contributed by atoms with van der Waals surface area (Å²) >= 11 is 0. The van der Waals surface area contributed by atoms with E-state index < -0.39 is 5.91 Å². The number of nitrogens with one attached hydrogen (secondary N) is 1. The van der Waals surface area contributed by atoms with Crippen LogP contribution >= 0.6 is 0 Å². The summed E-state index contributed by atoms with van der Waals surface area (Å²) in [4.78, 5) is 15.4. The van der Waals surface area contributed by atoms with Gasteiger partial charge in [-0.05, 0) is 37.8 Å². The topological polar surface area (TPSA) is 94.0 Å². The lowest BCUT2D eigenvalue weighted by Crippen LogP contribution is -2.33. The molecule has 1 aliphatic rings. The zero-order valence-electron chi connectivity index (χ0n) is 9.73. The van der Waals surface area contributed by atoms with Crippen LogP contribution in [-0.4, -0.2) is 23.0 Å². The number of nitrogens with two attached hydrogens (primary N) is 2. The van der Waals surface area contributed by atoms with E-state index in [0.717, 1.165) is 25.7 Å². The van der Waals surface area contributed by atoms with Gasteiger partial charge in [0.15, 0.2) is 0 Å². The first kappa shape index (κ1) is 11.9. The van der Waals surface area contributed by atoms with Gasteiger partial charge in [-0.2, -0.15) is 0 Å². The molecule has 0 bridgehead atoms. The molecule has 1 aromatic heterocycles. The number of amides is 1. The molecule has 92 valence electrons. The first-order valence-electron chi connectivity index (χ1n) is 5.93. The number of hydrogen-bond donors (Lipinski definition) is 3. The van der Waals surface area contributed by atoms with Crippen LogP contribution in [0.25, 0.3) is 0 Å². The molecule has 1 amide bonds. The molecule has 5 heteroatoms. The fraction of sp³-hybridized carbons (Fsp3) is 0.500. The Morgan fingerprint density at radius 2 is 2.06 bits per heavy atom. The summed E-state index contributed by atoms with van der Waals surface area (Å²) in [5.41, 5.74) is 11.6. The average molecular weight is 234 g/mol. The lowest BCUT2D eigenvalue weighted by Gasteiger charge is -2.27. The third-order valence-corrected chi connectivity index (χ3v) is 3.19. The Hall–Kier alpha value is -1.62. The van der Waals surface area contributed by atoms with Gasteiger partial charge in [0.2, 0.25) is 0 Å². The second-order valence-electron chi connectivity index (χ2n) is 4.52. The largest absolute Gasteiger partial charge is 0.367 e. The summed E-state index contributed by atoms with van der Waals surface area (Å²) < 4.78 is 0. The Morgan fingerprint density at radius 1 is 1.35 bits per heavy atom. The summed E-state index contributed by atoms with van der Waals surface area (Å²) in [6.07, 6.45) is 5.70. The Bertz CT molecular complexity index is 399. The third-order valence-electron chi connectivity index (χ3n) is 3.19. The van der Waals surface area contributed by atoms with Crippen molar-refractivity contribution in [3.05, 3.63) is 23.9 Å². The number of hydrogen-bond acceptors (Lipinski definition) is 4. The molecule has 1 heterocycles. The van der Waals surface area contributed by atoms with Crippen LogP contribution < -0.4 is 16.8 Å².